The number of aromatic nitrogens is 2. The molecule has 2 aromatic heterocycles. The van der Waals surface area contributed by atoms with Gasteiger partial charge >= 0.3 is 12.2 Å². The molecule has 0 unspecified atom stereocenters. The zero-order valence-electron chi connectivity index (χ0n) is 19.2. The van der Waals surface area contributed by atoms with Crippen LogP contribution in [0.2, 0.25) is 0 Å². The molecule has 170 valence electrons. The minimum atomic E-state index is -0.648. The fourth-order valence-electron chi connectivity index (χ4n) is 3.34. The number of hydrazine groups is 1. The molecule has 2 amide bonds. The summed E-state index contributed by atoms with van der Waals surface area (Å²) in [4.78, 5) is 31.5. The van der Waals surface area contributed by atoms with Crippen LogP contribution in [0.15, 0.2) is 30.7 Å². The molecule has 9 nitrogen and oxygen atoms in total. The lowest BCUT2D eigenvalue weighted by Crippen LogP contribution is -2.56. The van der Waals surface area contributed by atoms with E-state index in [1.54, 1.807) is 11.1 Å². The van der Waals surface area contributed by atoms with Crippen LogP contribution in [0, 0.1) is 0 Å². The average Bonchev–Trinajstić information content (AvgIpc) is 3.11. The summed E-state index contributed by atoms with van der Waals surface area (Å²) < 4.78 is 13.0. The largest absolute Gasteiger partial charge is 0.444 e. The van der Waals surface area contributed by atoms with E-state index in [-0.39, 0.29) is 12.1 Å². The molecule has 3 heterocycles. The van der Waals surface area contributed by atoms with Crippen molar-refractivity contribution >= 4 is 23.5 Å². The number of ether oxygens (including phenoxy) is 2. The normalized spacial score (nSPS) is 17.5. The van der Waals surface area contributed by atoms with Crippen molar-refractivity contribution in [1.82, 2.24) is 19.7 Å². The number of nitrogens with zero attached hydrogens (tertiary/aromatic N) is 4. The second-order valence-corrected chi connectivity index (χ2v) is 9.79. The highest BCUT2D eigenvalue weighted by Gasteiger charge is 2.31. The minimum Gasteiger partial charge on any atom is -0.444 e. The van der Waals surface area contributed by atoms with Gasteiger partial charge in [0.2, 0.25) is 0 Å². The number of anilines is 1. The first-order valence-electron chi connectivity index (χ1n) is 10.6. The van der Waals surface area contributed by atoms with Gasteiger partial charge in [-0.3, -0.25) is 0 Å². The molecular weight excluding hydrogens is 398 g/mol. The maximum Gasteiger partial charge on any atom is 0.429 e. The van der Waals surface area contributed by atoms with Crippen molar-refractivity contribution in [1.29, 1.82) is 0 Å². The van der Waals surface area contributed by atoms with Gasteiger partial charge in [-0.15, -0.1) is 0 Å². The van der Waals surface area contributed by atoms with Crippen LogP contribution < -0.4 is 10.4 Å². The Balaban J connectivity index is 1.79. The number of carbonyl (C=O) groups excluding carboxylic acids is 2. The highest BCUT2D eigenvalue weighted by molar-refractivity contribution is 5.87. The van der Waals surface area contributed by atoms with E-state index in [1.807, 2.05) is 70.5 Å². The molecular formula is C22H33N5O4. The third-order valence-electron chi connectivity index (χ3n) is 4.59. The molecule has 0 radical (unpaired) electrons. The number of rotatable bonds is 3. The number of amides is 2. The second kappa shape index (κ2) is 8.74. The number of hydrogen-bond acceptors (Lipinski definition) is 6. The van der Waals surface area contributed by atoms with Gasteiger partial charge in [-0.25, -0.2) is 25.0 Å². The van der Waals surface area contributed by atoms with Crippen LogP contribution in [0.3, 0.4) is 0 Å². The SMILES string of the molecule is CC(C)(C)OC(=O)N1CCC[C@@H](NN(C(=O)OC(C)(C)C)c2ccc3nccn3c2)C1. The van der Waals surface area contributed by atoms with Gasteiger partial charge in [0.15, 0.2) is 0 Å². The van der Waals surface area contributed by atoms with Crippen LogP contribution in [0.5, 0.6) is 0 Å². The molecule has 1 aliphatic heterocycles. The average molecular weight is 432 g/mol. The van der Waals surface area contributed by atoms with E-state index < -0.39 is 17.3 Å². The Hall–Kier alpha value is -2.81. The van der Waals surface area contributed by atoms with Crippen LogP contribution in [0.25, 0.3) is 5.65 Å². The third kappa shape index (κ3) is 6.33. The van der Waals surface area contributed by atoms with E-state index in [0.29, 0.717) is 18.8 Å². The number of piperidine rings is 1. The van der Waals surface area contributed by atoms with Gasteiger partial charge in [0.25, 0.3) is 0 Å². The van der Waals surface area contributed by atoms with Crippen molar-refractivity contribution in [3.63, 3.8) is 0 Å². The third-order valence-corrected chi connectivity index (χ3v) is 4.59. The Labute approximate surface area is 183 Å². The first kappa shape index (κ1) is 22.9. The van der Waals surface area contributed by atoms with Crippen molar-refractivity contribution in [2.75, 3.05) is 18.1 Å². The summed E-state index contributed by atoms with van der Waals surface area (Å²) in [7, 11) is 0. The second-order valence-electron chi connectivity index (χ2n) is 9.79. The predicted molar refractivity (Wildman–Crippen MR) is 118 cm³/mol. The van der Waals surface area contributed by atoms with E-state index in [9.17, 15) is 9.59 Å². The molecule has 1 fully saturated rings. The number of fused-ring (bicyclic) bond motifs is 1. The van der Waals surface area contributed by atoms with Crippen LogP contribution in [0.1, 0.15) is 54.4 Å². The van der Waals surface area contributed by atoms with Crippen LogP contribution in [0.4, 0.5) is 15.3 Å². The number of nitrogens with one attached hydrogen (secondary N) is 1. The summed E-state index contributed by atoms with van der Waals surface area (Å²) in [5.41, 5.74) is 3.47. The van der Waals surface area contributed by atoms with Crippen molar-refractivity contribution in [2.24, 2.45) is 0 Å². The molecule has 9 heteroatoms. The van der Waals surface area contributed by atoms with E-state index in [2.05, 4.69) is 10.4 Å². The number of pyridine rings is 1. The predicted octanol–water partition coefficient (Wildman–Crippen LogP) is 3.98. The summed E-state index contributed by atoms with van der Waals surface area (Å²) in [6.45, 7) is 12.1. The fourth-order valence-corrected chi connectivity index (χ4v) is 3.34. The van der Waals surface area contributed by atoms with Crippen molar-refractivity contribution in [2.45, 2.75) is 71.6 Å². The van der Waals surface area contributed by atoms with E-state index in [4.69, 9.17) is 9.47 Å². The van der Waals surface area contributed by atoms with Gasteiger partial charge in [0.1, 0.15) is 16.8 Å². The highest BCUT2D eigenvalue weighted by Crippen LogP contribution is 2.21. The fraction of sp³-hybridized carbons (Fsp3) is 0.591. The summed E-state index contributed by atoms with van der Waals surface area (Å²) in [6, 6.07) is 3.52. The molecule has 3 rings (SSSR count). The molecule has 1 aliphatic rings. The quantitative estimate of drug-likeness (QED) is 0.740. The Morgan fingerprint density at radius 1 is 1.13 bits per heavy atom. The highest BCUT2D eigenvalue weighted by atomic mass is 16.6. The van der Waals surface area contributed by atoms with Gasteiger partial charge < -0.3 is 18.8 Å². The molecule has 0 aromatic carbocycles. The Bertz CT molecular complexity index is 928. The van der Waals surface area contributed by atoms with E-state index >= 15 is 0 Å². The zero-order chi connectivity index (χ0) is 22.8. The van der Waals surface area contributed by atoms with E-state index in [0.717, 1.165) is 18.5 Å². The lowest BCUT2D eigenvalue weighted by atomic mass is 10.1. The smallest absolute Gasteiger partial charge is 0.429 e. The minimum absolute atomic E-state index is 0.132. The first-order chi connectivity index (χ1) is 14.4. The first-order valence-corrected chi connectivity index (χ1v) is 10.6. The van der Waals surface area contributed by atoms with Gasteiger partial charge in [0.05, 0.1) is 5.69 Å². The maximum absolute atomic E-state index is 13.0. The Kier molecular flexibility index (Phi) is 6.45. The van der Waals surface area contributed by atoms with Crippen LogP contribution in [-0.4, -0.2) is 56.8 Å². The molecule has 1 saturated heterocycles. The molecule has 0 spiro atoms. The number of carbonyl (C=O) groups is 2. The van der Waals surface area contributed by atoms with Gasteiger partial charge in [-0.2, -0.15) is 0 Å². The lowest BCUT2D eigenvalue weighted by Gasteiger charge is -2.37. The maximum atomic E-state index is 13.0. The Morgan fingerprint density at radius 3 is 2.52 bits per heavy atom. The summed E-state index contributed by atoms with van der Waals surface area (Å²) in [5.74, 6) is 0. The summed E-state index contributed by atoms with van der Waals surface area (Å²) in [5, 5.41) is 1.41. The van der Waals surface area contributed by atoms with Gasteiger partial charge in [0, 0.05) is 37.7 Å². The van der Waals surface area contributed by atoms with Crippen molar-refractivity contribution in [3.05, 3.63) is 30.7 Å². The van der Waals surface area contributed by atoms with Crippen LogP contribution >= 0.6 is 0 Å². The molecule has 31 heavy (non-hydrogen) atoms. The van der Waals surface area contributed by atoms with Gasteiger partial charge in [-0.05, 0) is 66.5 Å². The molecule has 0 saturated carbocycles. The molecule has 1 atom stereocenters. The molecule has 2 aromatic rings. The zero-order valence-corrected chi connectivity index (χ0v) is 19.2. The lowest BCUT2D eigenvalue weighted by molar-refractivity contribution is 0.0184. The topological polar surface area (TPSA) is 88.4 Å². The van der Waals surface area contributed by atoms with Gasteiger partial charge in [-0.1, -0.05) is 0 Å². The van der Waals surface area contributed by atoms with Crippen LogP contribution in [-0.2, 0) is 9.47 Å². The monoisotopic (exact) mass is 431 g/mol. The number of imidazole rings is 1. The summed E-state index contributed by atoms with van der Waals surface area (Å²) >= 11 is 0. The molecule has 1 N–H and O–H groups in total. The number of likely N-dealkylation sites (tertiary alicyclic amines) is 1. The number of hydrogen-bond donors (Lipinski definition) is 1. The van der Waals surface area contributed by atoms with Crippen molar-refractivity contribution < 1.29 is 19.1 Å². The molecule has 0 bridgehead atoms. The standard InChI is InChI=1S/C22H33N5O4/c1-21(2,3)30-19(28)26-12-7-8-16(14-26)24-27(20(29)31-22(4,5)6)17-9-10-18-23-11-13-25(18)15-17/h9-11,13,15-16,24H,7-8,12,14H2,1-6H3/t16-/m1/s1. The Morgan fingerprint density at radius 2 is 1.84 bits per heavy atom. The van der Waals surface area contributed by atoms with E-state index in [1.165, 1.54) is 5.01 Å². The summed E-state index contributed by atoms with van der Waals surface area (Å²) in [6.07, 6.45) is 6.09. The van der Waals surface area contributed by atoms with Crippen molar-refractivity contribution in [3.8, 4) is 0 Å². The molecule has 0 aliphatic carbocycles.